The number of halogens is 2. The van der Waals surface area contributed by atoms with Crippen LogP contribution in [0, 0.1) is 11.6 Å². The van der Waals surface area contributed by atoms with Crippen molar-refractivity contribution in [2.24, 2.45) is 0 Å². The van der Waals surface area contributed by atoms with E-state index in [1.807, 2.05) is 0 Å². The van der Waals surface area contributed by atoms with Gasteiger partial charge in [0.2, 0.25) is 5.91 Å². The molecule has 0 aliphatic carbocycles. The number of aromatic carboxylic acids is 1. The van der Waals surface area contributed by atoms with E-state index in [1.54, 1.807) is 6.92 Å². The number of nitrogens with one attached hydrogen (secondary N) is 1. The third-order valence-corrected chi connectivity index (χ3v) is 4.26. The summed E-state index contributed by atoms with van der Waals surface area (Å²) in [4.78, 5) is 20.9. The van der Waals surface area contributed by atoms with Crippen LogP contribution in [0.3, 0.4) is 0 Å². The third kappa shape index (κ3) is 4.22. The minimum atomic E-state index is -4.32. The highest BCUT2D eigenvalue weighted by Gasteiger charge is 2.25. The molecule has 0 bridgehead atoms. The van der Waals surface area contributed by atoms with Gasteiger partial charge in [-0.15, -0.1) is 0 Å². The summed E-state index contributed by atoms with van der Waals surface area (Å²) in [5.41, 5.74) is -0.689. The summed E-state index contributed by atoms with van der Waals surface area (Å²) in [6.45, 7) is 1.94. The molecule has 0 radical (unpaired) electrons. The maximum Gasteiger partial charge on any atom is 0.335 e. The maximum atomic E-state index is 13.6. The SMILES string of the molecule is CCNC(=O)CCS(=O)(=O)c1cc(C(=O)O)cc(F)c1F. The number of carbonyl (C=O) groups excluding carboxylic acids is 1. The van der Waals surface area contributed by atoms with E-state index in [0.29, 0.717) is 18.7 Å². The number of amides is 1. The number of sulfone groups is 1. The lowest BCUT2D eigenvalue weighted by atomic mass is 10.2. The smallest absolute Gasteiger partial charge is 0.335 e. The quantitative estimate of drug-likeness (QED) is 0.813. The second kappa shape index (κ2) is 6.61. The Labute approximate surface area is 119 Å². The molecule has 0 spiro atoms. The van der Waals surface area contributed by atoms with Crippen molar-refractivity contribution in [3.63, 3.8) is 0 Å². The molecule has 0 aliphatic rings. The summed E-state index contributed by atoms with van der Waals surface area (Å²) in [6, 6.07) is 0.925. The Kier molecular flexibility index (Phi) is 5.36. The molecule has 1 amide bonds. The van der Waals surface area contributed by atoms with E-state index >= 15 is 0 Å². The summed E-state index contributed by atoms with van der Waals surface area (Å²) >= 11 is 0. The lowest BCUT2D eigenvalue weighted by Crippen LogP contribution is -2.25. The molecule has 0 fully saturated rings. The normalized spacial score (nSPS) is 11.2. The fourth-order valence-corrected chi connectivity index (χ4v) is 2.89. The van der Waals surface area contributed by atoms with Gasteiger partial charge in [-0.25, -0.2) is 22.0 Å². The van der Waals surface area contributed by atoms with Crippen molar-refractivity contribution < 1.29 is 31.9 Å². The van der Waals surface area contributed by atoms with Crippen LogP contribution in [-0.4, -0.2) is 37.7 Å². The molecular weight excluding hydrogens is 308 g/mol. The molecule has 0 saturated carbocycles. The Morgan fingerprint density at radius 2 is 1.90 bits per heavy atom. The highest BCUT2D eigenvalue weighted by molar-refractivity contribution is 7.91. The molecular formula is C12H13F2NO5S. The van der Waals surface area contributed by atoms with Gasteiger partial charge in [-0.2, -0.15) is 0 Å². The highest BCUT2D eigenvalue weighted by Crippen LogP contribution is 2.21. The molecule has 0 atom stereocenters. The number of carboxylic acids is 1. The number of rotatable bonds is 6. The predicted molar refractivity (Wildman–Crippen MR) is 68.7 cm³/mol. The molecule has 0 heterocycles. The molecule has 6 nitrogen and oxygen atoms in total. The van der Waals surface area contributed by atoms with Crippen LogP contribution in [0.5, 0.6) is 0 Å². The van der Waals surface area contributed by atoms with Gasteiger partial charge in [0.1, 0.15) is 4.90 Å². The zero-order valence-electron chi connectivity index (χ0n) is 11.0. The lowest BCUT2D eigenvalue weighted by Gasteiger charge is -2.08. The largest absolute Gasteiger partial charge is 0.478 e. The Morgan fingerprint density at radius 3 is 2.43 bits per heavy atom. The first-order chi connectivity index (χ1) is 9.69. The summed E-state index contributed by atoms with van der Waals surface area (Å²) < 4.78 is 50.7. The van der Waals surface area contributed by atoms with E-state index < -0.39 is 56.0 Å². The Morgan fingerprint density at radius 1 is 1.29 bits per heavy atom. The van der Waals surface area contributed by atoms with E-state index in [9.17, 15) is 26.8 Å². The van der Waals surface area contributed by atoms with Gasteiger partial charge in [0.05, 0.1) is 11.3 Å². The van der Waals surface area contributed by atoms with Gasteiger partial charge in [-0.1, -0.05) is 0 Å². The molecule has 116 valence electrons. The topological polar surface area (TPSA) is 101 Å². The van der Waals surface area contributed by atoms with Gasteiger partial charge < -0.3 is 10.4 Å². The van der Waals surface area contributed by atoms with Crippen LogP contribution in [-0.2, 0) is 14.6 Å². The average Bonchev–Trinajstić information content (AvgIpc) is 2.39. The fraction of sp³-hybridized carbons (Fsp3) is 0.333. The standard InChI is InChI=1S/C12H13F2NO5S/c1-2-15-10(16)3-4-21(19,20)9-6-7(12(17)18)5-8(13)11(9)14/h5-6H,2-4H2,1H3,(H,15,16)(H,17,18). The number of hydrogen-bond donors (Lipinski definition) is 2. The van der Waals surface area contributed by atoms with Gasteiger partial charge in [-0.05, 0) is 19.1 Å². The number of benzene rings is 1. The highest BCUT2D eigenvalue weighted by atomic mass is 32.2. The molecule has 1 aromatic rings. The average molecular weight is 321 g/mol. The van der Waals surface area contributed by atoms with Gasteiger partial charge in [0.15, 0.2) is 21.5 Å². The summed E-state index contributed by atoms with van der Waals surface area (Å²) in [7, 11) is -4.32. The van der Waals surface area contributed by atoms with Crippen LogP contribution >= 0.6 is 0 Å². The molecule has 0 saturated heterocycles. The maximum absolute atomic E-state index is 13.6. The Balaban J connectivity index is 3.13. The van der Waals surface area contributed by atoms with Crippen molar-refractivity contribution in [3.05, 3.63) is 29.3 Å². The van der Waals surface area contributed by atoms with Crippen LogP contribution in [0.2, 0.25) is 0 Å². The molecule has 21 heavy (non-hydrogen) atoms. The molecule has 0 unspecified atom stereocenters. The predicted octanol–water partition coefficient (Wildman–Crippen LogP) is 0.963. The van der Waals surface area contributed by atoms with Crippen molar-refractivity contribution in [3.8, 4) is 0 Å². The van der Waals surface area contributed by atoms with Crippen molar-refractivity contribution in [2.75, 3.05) is 12.3 Å². The molecule has 9 heteroatoms. The number of carboxylic acid groups (broad SMARTS) is 1. The second-order valence-corrected chi connectivity index (χ2v) is 6.18. The molecule has 0 aliphatic heterocycles. The van der Waals surface area contributed by atoms with Gasteiger partial charge in [-0.3, -0.25) is 4.79 Å². The lowest BCUT2D eigenvalue weighted by molar-refractivity contribution is -0.120. The van der Waals surface area contributed by atoms with Gasteiger partial charge in [0.25, 0.3) is 0 Å². The summed E-state index contributed by atoms with van der Waals surface area (Å²) in [5, 5.41) is 11.1. The summed E-state index contributed by atoms with van der Waals surface area (Å²) in [5.74, 6) is -6.13. The van der Waals surface area contributed by atoms with E-state index in [2.05, 4.69) is 5.32 Å². The Bertz CT molecular complexity index is 672. The van der Waals surface area contributed by atoms with E-state index in [4.69, 9.17) is 5.11 Å². The first-order valence-corrected chi connectivity index (χ1v) is 7.56. The van der Waals surface area contributed by atoms with Crippen molar-refractivity contribution in [2.45, 2.75) is 18.2 Å². The number of carbonyl (C=O) groups is 2. The van der Waals surface area contributed by atoms with Crippen LogP contribution in [0.1, 0.15) is 23.7 Å². The van der Waals surface area contributed by atoms with Crippen molar-refractivity contribution >= 4 is 21.7 Å². The van der Waals surface area contributed by atoms with Crippen molar-refractivity contribution in [1.29, 1.82) is 0 Å². The first-order valence-electron chi connectivity index (χ1n) is 5.90. The monoisotopic (exact) mass is 321 g/mol. The van der Waals surface area contributed by atoms with Crippen LogP contribution in [0.4, 0.5) is 8.78 Å². The third-order valence-electron chi connectivity index (χ3n) is 2.55. The second-order valence-electron chi connectivity index (χ2n) is 4.10. The van der Waals surface area contributed by atoms with E-state index in [1.165, 1.54) is 0 Å². The first kappa shape index (κ1) is 17.0. The van der Waals surface area contributed by atoms with Crippen LogP contribution in [0.25, 0.3) is 0 Å². The minimum Gasteiger partial charge on any atom is -0.478 e. The number of hydrogen-bond acceptors (Lipinski definition) is 4. The molecule has 1 aromatic carbocycles. The van der Waals surface area contributed by atoms with Crippen LogP contribution in [0.15, 0.2) is 17.0 Å². The molecule has 1 rings (SSSR count). The summed E-state index contributed by atoms with van der Waals surface area (Å²) in [6.07, 6.45) is -0.436. The zero-order chi connectivity index (χ0) is 16.2. The molecule has 2 N–H and O–H groups in total. The van der Waals surface area contributed by atoms with Crippen molar-refractivity contribution in [1.82, 2.24) is 5.32 Å². The molecule has 0 aromatic heterocycles. The van der Waals surface area contributed by atoms with Gasteiger partial charge >= 0.3 is 5.97 Å². The van der Waals surface area contributed by atoms with E-state index in [-0.39, 0.29) is 0 Å². The van der Waals surface area contributed by atoms with Gasteiger partial charge in [0, 0.05) is 13.0 Å². The van der Waals surface area contributed by atoms with E-state index in [0.717, 1.165) is 0 Å². The van der Waals surface area contributed by atoms with Crippen LogP contribution < -0.4 is 5.32 Å². The minimum absolute atomic E-state index is 0.302. The zero-order valence-corrected chi connectivity index (χ0v) is 11.8. The Hall–Kier alpha value is -2.03. The fourth-order valence-electron chi connectivity index (χ4n) is 1.54.